The van der Waals surface area contributed by atoms with Crippen LogP contribution in [0.25, 0.3) is 0 Å². The largest absolute Gasteiger partial charge is 0.396 e. The van der Waals surface area contributed by atoms with Crippen LogP contribution in [0.2, 0.25) is 0 Å². The van der Waals surface area contributed by atoms with E-state index in [1.165, 1.54) is 19.3 Å². The summed E-state index contributed by atoms with van der Waals surface area (Å²) < 4.78 is 1.90. The lowest BCUT2D eigenvalue weighted by Gasteiger charge is -2.24. The summed E-state index contributed by atoms with van der Waals surface area (Å²) in [5.74, 6) is 0.771. The molecule has 1 aliphatic rings. The highest BCUT2D eigenvalue weighted by atomic mass is 16.3. The summed E-state index contributed by atoms with van der Waals surface area (Å²) in [4.78, 5) is 0. The molecule has 1 aromatic heterocycles. The van der Waals surface area contributed by atoms with E-state index >= 15 is 0 Å². The van der Waals surface area contributed by atoms with Crippen LogP contribution in [0.3, 0.4) is 0 Å². The van der Waals surface area contributed by atoms with Crippen LogP contribution >= 0.6 is 0 Å². The quantitative estimate of drug-likeness (QED) is 0.765. The lowest BCUT2D eigenvalue weighted by molar-refractivity contribution is 0.129. The van der Waals surface area contributed by atoms with Gasteiger partial charge in [0.15, 0.2) is 0 Å². The number of hydrogen-bond acceptors (Lipinski definition) is 3. The van der Waals surface area contributed by atoms with Gasteiger partial charge in [-0.25, -0.2) is 0 Å². The van der Waals surface area contributed by atoms with Crippen LogP contribution in [0.5, 0.6) is 0 Å². The van der Waals surface area contributed by atoms with Crippen molar-refractivity contribution in [2.24, 2.45) is 5.92 Å². The molecule has 15 heavy (non-hydrogen) atoms. The van der Waals surface area contributed by atoms with Crippen molar-refractivity contribution in [1.29, 1.82) is 0 Å². The molecular weight excluding hydrogens is 192 g/mol. The van der Waals surface area contributed by atoms with E-state index in [1.54, 1.807) is 0 Å². The topological polar surface area (TPSA) is 58.3 Å². The third kappa shape index (κ3) is 2.58. The first kappa shape index (κ1) is 10.6. The molecule has 0 bridgehead atoms. The molecule has 2 rings (SSSR count). The Bertz CT molecular complexity index is 307. The van der Waals surface area contributed by atoms with Crippen molar-refractivity contribution >= 4 is 0 Å². The minimum absolute atomic E-state index is 0.00332. The van der Waals surface area contributed by atoms with Crippen molar-refractivity contribution < 1.29 is 10.2 Å². The first-order chi connectivity index (χ1) is 7.29. The maximum Gasteiger partial charge on any atom is 0.1000 e. The van der Waals surface area contributed by atoms with Gasteiger partial charge in [0.25, 0.3) is 0 Å². The van der Waals surface area contributed by atoms with Crippen molar-refractivity contribution in [3.05, 3.63) is 18.0 Å². The van der Waals surface area contributed by atoms with E-state index in [1.807, 2.05) is 16.9 Å². The average Bonchev–Trinajstić information content (AvgIpc) is 2.60. The first-order valence-electron chi connectivity index (χ1n) is 5.62. The Hall–Kier alpha value is -0.870. The van der Waals surface area contributed by atoms with Crippen LogP contribution in [0, 0.1) is 5.92 Å². The predicted octanol–water partition coefficient (Wildman–Crippen LogP) is 1.10. The summed E-state index contributed by atoms with van der Waals surface area (Å²) in [6.45, 7) is 0.961. The third-order valence-corrected chi connectivity index (χ3v) is 3.08. The van der Waals surface area contributed by atoms with Gasteiger partial charge in [-0.1, -0.05) is 6.42 Å². The Morgan fingerprint density at radius 1 is 1.53 bits per heavy atom. The van der Waals surface area contributed by atoms with Crippen molar-refractivity contribution in [3.63, 3.8) is 0 Å². The number of aliphatic hydroxyl groups is 2. The molecule has 1 aliphatic carbocycles. The van der Waals surface area contributed by atoms with E-state index in [0.29, 0.717) is 12.1 Å². The molecule has 1 aromatic rings. The van der Waals surface area contributed by atoms with Crippen LogP contribution in [0.1, 0.15) is 37.5 Å². The molecule has 1 fully saturated rings. The molecule has 0 aromatic carbocycles. The summed E-state index contributed by atoms with van der Waals surface area (Å²) in [5.41, 5.74) is 0.670. The first-order valence-corrected chi connectivity index (χ1v) is 5.62. The van der Waals surface area contributed by atoms with Gasteiger partial charge >= 0.3 is 0 Å². The molecule has 1 heterocycles. The Kier molecular flexibility index (Phi) is 3.38. The molecule has 0 radical (unpaired) electrons. The second-order valence-corrected chi connectivity index (χ2v) is 4.29. The molecule has 84 valence electrons. The summed E-state index contributed by atoms with van der Waals surface area (Å²) in [6.07, 6.45) is 5.58. The van der Waals surface area contributed by atoms with E-state index in [0.717, 1.165) is 12.5 Å². The Morgan fingerprint density at radius 2 is 2.33 bits per heavy atom. The molecule has 4 heteroatoms. The van der Waals surface area contributed by atoms with Crippen LogP contribution in [-0.2, 0) is 6.54 Å². The highest BCUT2D eigenvalue weighted by molar-refractivity contribution is 5.02. The van der Waals surface area contributed by atoms with Gasteiger partial charge < -0.3 is 10.2 Å². The van der Waals surface area contributed by atoms with Gasteiger partial charge in [0.2, 0.25) is 0 Å². The standard InChI is InChI=1S/C11H18N2O2/c14-7-5-11(15)10-4-6-13(12-10)8-9-2-1-3-9/h4,6,9,11,14-15H,1-3,5,7-8H2/t11-/m1/s1. The third-order valence-electron chi connectivity index (χ3n) is 3.08. The number of nitrogens with zero attached hydrogens (tertiary/aromatic N) is 2. The Labute approximate surface area is 89.5 Å². The van der Waals surface area contributed by atoms with Crippen molar-refractivity contribution in [1.82, 2.24) is 9.78 Å². The monoisotopic (exact) mass is 210 g/mol. The van der Waals surface area contributed by atoms with Gasteiger partial charge in [-0.15, -0.1) is 0 Å². The second kappa shape index (κ2) is 4.77. The van der Waals surface area contributed by atoms with E-state index < -0.39 is 6.10 Å². The van der Waals surface area contributed by atoms with E-state index in [4.69, 9.17) is 5.11 Å². The average molecular weight is 210 g/mol. The van der Waals surface area contributed by atoms with Crippen molar-refractivity contribution in [2.75, 3.05) is 6.61 Å². The molecule has 2 N–H and O–H groups in total. The number of aliphatic hydroxyl groups excluding tert-OH is 2. The number of hydrogen-bond donors (Lipinski definition) is 2. The molecule has 0 saturated heterocycles. The van der Waals surface area contributed by atoms with E-state index in [2.05, 4.69) is 5.10 Å². The lowest BCUT2D eigenvalue weighted by atomic mass is 9.85. The lowest BCUT2D eigenvalue weighted by Crippen LogP contribution is -2.18. The van der Waals surface area contributed by atoms with Gasteiger partial charge in [-0.3, -0.25) is 4.68 Å². The zero-order valence-corrected chi connectivity index (χ0v) is 8.84. The van der Waals surface area contributed by atoms with Crippen molar-refractivity contribution in [3.8, 4) is 0 Å². The number of aromatic nitrogens is 2. The fourth-order valence-electron chi connectivity index (χ4n) is 1.87. The highest BCUT2D eigenvalue weighted by Crippen LogP contribution is 2.27. The van der Waals surface area contributed by atoms with Crippen LogP contribution in [0.15, 0.2) is 12.3 Å². The fourth-order valence-corrected chi connectivity index (χ4v) is 1.87. The van der Waals surface area contributed by atoms with Gasteiger partial charge in [0.05, 0.1) is 11.8 Å². The Balaban J connectivity index is 1.90. The molecule has 4 nitrogen and oxygen atoms in total. The zero-order chi connectivity index (χ0) is 10.7. The van der Waals surface area contributed by atoms with Gasteiger partial charge in [-0.05, 0) is 24.8 Å². The molecule has 0 amide bonds. The predicted molar refractivity (Wildman–Crippen MR) is 56.2 cm³/mol. The van der Waals surface area contributed by atoms with E-state index in [9.17, 15) is 5.11 Å². The fraction of sp³-hybridized carbons (Fsp3) is 0.727. The number of rotatable bonds is 5. The maximum absolute atomic E-state index is 9.60. The van der Waals surface area contributed by atoms with Crippen molar-refractivity contribution in [2.45, 2.75) is 38.3 Å². The summed E-state index contributed by atoms with van der Waals surface area (Å²) in [6, 6.07) is 1.83. The smallest absolute Gasteiger partial charge is 0.1000 e. The molecule has 0 unspecified atom stereocenters. The molecule has 0 aliphatic heterocycles. The van der Waals surface area contributed by atoms with Crippen LogP contribution in [0.4, 0.5) is 0 Å². The van der Waals surface area contributed by atoms with Crippen LogP contribution in [-0.4, -0.2) is 26.6 Å². The molecule has 0 spiro atoms. The Morgan fingerprint density at radius 3 is 2.93 bits per heavy atom. The molecular formula is C11H18N2O2. The molecule has 1 atom stereocenters. The SMILES string of the molecule is OCC[C@@H](O)c1ccn(CC2CCC2)n1. The van der Waals surface area contributed by atoms with Gasteiger partial charge in [-0.2, -0.15) is 5.10 Å². The minimum atomic E-state index is -0.627. The van der Waals surface area contributed by atoms with Gasteiger partial charge in [0.1, 0.15) is 0 Å². The van der Waals surface area contributed by atoms with Gasteiger partial charge in [0, 0.05) is 25.8 Å². The molecule has 1 saturated carbocycles. The normalized spacial score (nSPS) is 18.8. The van der Waals surface area contributed by atoms with E-state index in [-0.39, 0.29) is 6.61 Å². The minimum Gasteiger partial charge on any atom is -0.396 e. The summed E-state index contributed by atoms with van der Waals surface area (Å²) >= 11 is 0. The zero-order valence-electron chi connectivity index (χ0n) is 8.84. The van der Waals surface area contributed by atoms with Crippen LogP contribution < -0.4 is 0 Å². The summed E-state index contributed by atoms with van der Waals surface area (Å²) in [5, 5.41) is 22.6. The maximum atomic E-state index is 9.60. The second-order valence-electron chi connectivity index (χ2n) is 4.29. The highest BCUT2D eigenvalue weighted by Gasteiger charge is 2.18. The summed E-state index contributed by atoms with van der Waals surface area (Å²) in [7, 11) is 0.